The first kappa shape index (κ1) is 9.93. The molecule has 3 nitrogen and oxygen atoms in total. The van der Waals surface area contributed by atoms with Crippen molar-refractivity contribution in [3.63, 3.8) is 0 Å². The van der Waals surface area contributed by atoms with E-state index >= 15 is 0 Å². The standard InChI is InChI=1S/C11H8ClNO2/c1-7-10(6-14)11(15-13-7)8-3-2-4-9(12)5-8/h2-6H,1H3. The first-order valence-electron chi connectivity index (χ1n) is 4.40. The van der Waals surface area contributed by atoms with Crippen LogP contribution in [0, 0.1) is 6.92 Å². The van der Waals surface area contributed by atoms with Crippen molar-refractivity contribution < 1.29 is 9.32 Å². The van der Waals surface area contributed by atoms with Crippen molar-refractivity contribution in [1.29, 1.82) is 0 Å². The Hall–Kier alpha value is -1.61. The molecule has 0 saturated carbocycles. The van der Waals surface area contributed by atoms with Crippen molar-refractivity contribution in [1.82, 2.24) is 5.16 Å². The lowest BCUT2D eigenvalue weighted by atomic mass is 10.1. The minimum Gasteiger partial charge on any atom is -0.355 e. The maximum atomic E-state index is 10.8. The first-order chi connectivity index (χ1) is 7.22. The largest absolute Gasteiger partial charge is 0.355 e. The van der Waals surface area contributed by atoms with Crippen LogP contribution in [0.3, 0.4) is 0 Å². The van der Waals surface area contributed by atoms with Crippen LogP contribution in [-0.2, 0) is 0 Å². The summed E-state index contributed by atoms with van der Waals surface area (Å²) in [5.74, 6) is 0.463. The molecule has 0 saturated heterocycles. The van der Waals surface area contributed by atoms with Crippen LogP contribution in [0.5, 0.6) is 0 Å². The van der Waals surface area contributed by atoms with E-state index in [-0.39, 0.29) is 0 Å². The summed E-state index contributed by atoms with van der Waals surface area (Å²) >= 11 is 5.85. The summed E-state index contributed by atoms with van der Waals surface area (Å²) in [6, 6.07) is 7.10. The molecule has 0 N–H and O–H groups in total. The molecule has 0 bridgehead atoms. The molecule has 2 aromatic rings. The molecule has 1 heterocycles. The molecule has 1 aromatic carbocycles. The smallest absolute Gasteiger partial charge is 0.177 e. The molecule has 0 amide bonds. The van der Waals surface area contributed by atoms with Crippen LogP contribution in [0.25, 0.3) is 11.3 Å². The van der Waals surface area contributed by atoms with E-state index in [4.69, 9.17) is 16.1 Å². The van der Waals surface area contributed by atoms with Gasteiger partial charge in [-0.3, -0.25) is 4.79 Å². The Morgan fingerprint density at radius 2 is 2.27 bits per heavy atom. The fraction of sp³-hybridized carbons (Fsp3) is 0.0909. The number of aldehydes is 1. The van der Waals surface area contributed by atoms with Crippen LogP contribution >= 0.6 is 11.6 Å². The molecule has 0 unspecified atom stereocenters. The fourth-order valence-corrected chi connectivity index (χ4v) is 1.54. The number of nitrogens with zero attached hydrogens (tertiary/aromatic N) is 1. The molecule has 0 atom stereocenters. The number of aromatic nitrogens is 1. The Labute approximate surface area is 91.6 Å². The SMILES string of the molecule is Cc1noc(-c2cccc(Cl)c2)c1C=O. The summed E-state index contributed by atoms with van der Waals surface area (Å²) in [6.07, 6.45) is 0.738. The minimum atomic E-state index is 0.463. The molecule has 2 rings (SSSR count). The zero-order chi connectivity index (χ0) is 10.8. The van der Waals surface area contributed by atoms with Crippen LogP contribution in [0.4, 0.5) is 0 Å². The van der Waals surface area contributed by atoms with Crippen LogP contribution < -0.4 is 0 Å². The normalized spacial score (nSPS) is 10.3. The van der Waals surface area contributed by atoms with Gasteiger partial charge in [0, 0.05) is 10.6 Å². The molecular weight excluding hydrogens is 214 g/mol. The van der Waals surface area contributed by atoms with E-state index in [2.05, 4.69) is 5.16 Å². The molecule has 15 heavy (non-hydrogen) atoms. The van der Waals surface area contributed by atoms with Crippen LogP contribution in [0.1, 0.15) is 16.1 Å². The number of aryl methyl sites for hydroxylation is 1. The molecular formula is C11H8ClNO2. The molecule has 0 aliphatic rings. The van der Waals surface area contributed by atoms with Gasteiger partial charge in [0.15, 0.2) is 12.0 Å². The van der Waals surface area contributed by atoms with Gasteiger partial charge in [0.1, 0.15) is 0 Å². The number of hydrogen-bond acceptors (Lipinski definition) is 3. The Balaban J connectivity index is 2.58. The zero-order valence-corrected chi connectivity index (χ0v) is 8.78. The van der Waals surface area contributed by atoms with Gasteiger partial charge in [-0.15, -0.1) is 0 Å². The average molecular weight is 222 g/mol. The van der Waals surface area contributed by atoms with E-state index in [0.717, 1.165) is 11.8 Å². The Morgan fingerprint density at radius 1 is 1.47 bits per heavy atom. The van der Waals surface area contributed by atoms with E-state index in [1.165, 1.54) is 0 Å². The quantitative estimate of drug-likeness (QED) is 0.732. The number of hydrogen-bond donors (Lipinski definition) is 0. The molecule has 1 aromatic heterocycles. The van der Waals surface area contributed by atoms with Crippen molar-refractivity contribution in [3.8, 4) is 11.3 Å². The third-order valence-corrected chi connectivity index (χ3v) is 2.35. The first-order valence-corrected chi connectivity index (χ1v) is 4.77. The van der Waals surface area contributed by atoms with Crippen LogP contribution in [0.2, 0.25) is 5.02 Å². The van der Waals surface area contributed by atoms with Crippen molar-refractivity contribution in [2.45, 2.75) is 6.92 Å². The minimum absolute atomic E-state index is 0.463. The zero-order valence-electron chi connectivity index (χ0n) is 8.03. The summed E-state index contributed by atoms with van der Waals surface area (Å²) in [7, 11) is 0. The molecule has 0 fully saturated rings. The van der Waals surface area contributed by atoms with Gasteiger partial charge in [0.05, 0.1) is 11.3 Å². The van der Waals surface area contributed by atoms with Gasteiger partial charge in [0.25, 0.3) is 0 Å². The lowest BCUT2D eigenvalue weighted by molar-refractivity contribution is 0.112. The van der Waals surface area contributed by atoms with Gasteiger partial charge in [-0.25, -0.2) is 0 Å². The summed E-state index contributed by atoms with van der Waals surface area (Å²) in [6.45, 7) is 1.72. The van der Waals surface area contributed by atoms with Crippen molar-refractivity contribution in [2.24, 2.45) is 0 Å². The lowest BCUT2D eigenvalue weighted by Crippen LogP contribution is -1.84. The number of benzene rings is 1. The van der Waals surface area contributed by atoms with Gasteiger partial charge in [-0.2, -0.15) is 0 Å². The molecule has 0 spiro atoms. The topological polar surface area (TPSA) is 43.1 Å². The number of carbonyl (C=O) groups excluding carboxylic acids is 1. The highest BCUT2D eigenvalue weighted by Gasteiger charge is 2.13. The van der Waals surface area contributed by atoms with E-state index in [1.54, 1.807) is 25.1 Å². The summed E-state index contributed by atoms with van der Waals surface area (Å²) in [5, 5.41) is 4.34. The highest BCUT2D eigenvalue weighted by atomic mass is 35.5. The fourth-order valence-electron chi connectivity index (χ4n) is 1.35. The predicted octanol–water partition coefficient (Wildman–Crippen LogP) is 3.12. The highest BCUT2D eigenvalue weighted by Crippen LogP contribution is 2.26. The summed E-state index contributed by atoms with van der Waals surface area (Å²) in [4.78, 5) is 10.8. The molecule has 76 valence electrons. The Kier molecular flexibility index (Phi) is 2.56. The summed E-state index contributed by atoms with van der Waals surface area (Å²) in [5.41, 5.74) is 1.81. The Morgan fingerprint density at radius 3 is 2.93 bits per heavy atom. The lowest BCUT2D eigenvalue weighted by Gasteiger charge is -1.97. The second kappa shape index (κ2) is 3.87. The van der Waals surface area contributed by atoms with E-state index in [0.29, 0.717) is 22.0 Å². The monoisotopic (exact) mass is 221 g/mol. The predicted molar refractivity (Wildman–Crippen MR) is 57.1 cm³/mol. The third-order valence-electron chi connectivity index (χ3n) is 2.11. The molecule has 0 aliphatic carbocycles. The van der Waals surface area contributed by atoms with Crippen LogP contribution in [0.15, 0.2) is 28.8 Å². The maximum Gasteiger partial charge on any atom is 0.177 e. The number of rotatable bonds is 2. The Bertz CT molecular complexity index is 505. The van der Waals surface area contributed by atoms with Gasteiger partial charge in [-0.05, 0) is 19.1 Å². The third kappa shape index (κ3) is 1.78. The van der Waals surface area contributed by atoms with Crippen molar-refractivity contribution >= 4 is 17.9 Å². The van der Waals surface area contributed by atoms with E-state index in [1.807, 2.05) is 6.07 Å². The van der Waals surface area contributed by atoms with Crippen molar-refractivity contribution in [3.05, 3.63) is 40.5 Å². The highest BCUT2D eigenvalue weighted by molar-refractivity contribution is 6.30. The second-order valence-electron chi connectivity index (χ2n) is 3.14. The second-order valence-corrected chi connectivity index (χ2v) is 3.58. The van der Waals surface area contributed by atoms with E-state index < -0.39 is 0 Å². The van der Waals surface area contributed by atoms with Gasteiger partial charge in [-0.1, -0.05) is 28.9 Å². The van der Waals surface area contributed by atoms with E-state index in [9.17, 15) is 4.79 Å². The maximum absolute atomic E-state index is 10.8. The number of halogens is 1. The van der Waals surface area contributed by atoms with Gasteiger partial charge < -0.3 is 4.52 Å². The van der Waals surface area contributed by atoms with Crippen LogP contribution in [-0.4, -0.2) is 11.4 Å². The molecule has 0 aliphatic heterocycles. The molecule has 0 radical (unpaired) electrons. The van der Waals surface area contributed by atoms with Gasteiger partial charge >= 0.3 is 0 Å². The number of carbonyl (C=O) groups is 1. The average Bonchev–Trinajstić information content (AvgIpc) is 2.59. The van der Waals surface area contributed by atoms with Crippen molar-refractivity contribution in [2.75, 3.05) is 0 Å². The van der Waals surface area contributed by atoms with Gasteiger partial charge in [0.2, 0.25) is 0 Å². The molecule has 4 heteroatoms. The summed E-state index contributed by atoms with van der Waals surface area (Å²) < 4.78 is 5.09.